The molecule has 0 saturated carbocycles. The predicted octanol–water partition coefficient (Wildman–Crippen LogP) is 5.01. The highest BCUT2D eigenvalue weighted by Gasteiger charge is 2.11. The molecule has 0 spiro atoms. The standard InChI is InChI=1S/C18H12ClF2N3O/c19-12-4-1-2-7-15(12)24-18(25)16-9-8-11(10-22-16)23-17-13(20)5-3-6-14(17)21/h1-10,23H,(H,24,25). The molecule has 1 amide bonds. The van der Waals surface area contributed by atoms with Gasteiger partial charge in [-0.2, -0.15) is 0 Å². The normalized spacial score (nSPS) is 10.4. The van der Waals surface area contributed by atoms with Crippen molar-refractivity contribution in [3.63, 3.8) is 0 Å². The van der Waals surface area contributed by atoms with Crippen molar-refractivity contribution >= 4 is 34.6 Å². The van der Waals surface area contributed by atoms with E-state index in [0.29, 0.717) is 16.4 Å². The second-order valence-corrected chi connectivity index (χ2v) is 5.49. The SMILES string of the molecule is O=C(Nc1ccccc1Cl)c1ccc(Nc2c(F)cccc2F)cn1. The molecule has 0 atom stereocenters. The minimum atomic E-state index is -0.722. The summed E-state index contributed by atoms with van der Waals surface area (Å²) < 4.78 is 27.2. The van der Waals surface area contributed by atoms with Gasteiger partial charge in [0.2, 0.25) is 0 Å². The molecule has 0 bridgehead atoms. The van der Waals surface area contributed by atoms with Gasteiger partial charge in [0.1, 0.15) is 23.0 Å². The molecule has 0 aliphatic rings. The molecule has 0 radical (unpaired) electrons. The molecular formula is C18H12ClF2N3O. The van der Waals surface area contributed by atoms with Crippen LogP contribution in [0.2, 0.25) is 5.02 Å². The first-order valence-electron chi connectivity index (χ1n) is 7.27. The molecule has 3 rings (SSSR count). The summed E-state index contributed by atoms with van der Waals surface area (Å²) in [6, 6.07) is 13.3. The molecule has 7 heteroatoms. The van der Waals surface area contributed by atoms with Crippen LogP contribution in [0.5, 0.6) is 0 Å². The van der Waals surface area contributed by atoms with Crippen LogP contribution in [0, 0.1) is 11.6 Å². The van der Waals surface area contributed by atoms with E-state index < -0.39 is 17.5 Å². The summed E-state index contributed by atoms with van der Waals surface area (Å²) in [5.74, 6) is -1.89. The summed E-state index contributed by atoms with van der Waals surface area (Å²) in [7, 11) is 0. The van der Waals surface area contributed by atoms with Gasteiger partial charge in [-0.15, -0.1) is 0 Å². The number of aromatic nitrogens is 1. The van der Waals surface area contributed by atoms with Gasteiger partial charge in [-0.25, -0.2) is 13.8 Å². The first kappa shape index (κ1) is 16.9. The largest absolute Gasteiger partial charge is 0.349 e. The molecule has 1 aromatic heterocycles. The monoisotopic (exact) mass is 359 g/mol. The number of nitrogens with one attached hydrogen (secondary N) is 2. The number of halogens is 3. The molecule has 25 heavy (non-hydrogen) atoms. The zero-order chi connectivity index (χ0) is 17.8. The van der Waals surface area contributed by atoms with Crippen LogP contribution in [0.3, 0.4) is 0 Å². The Hall–Kier alpha value is -2.99. The summed E-state index contributed by atoms with van der Waals surface area (Å²) in [6.45, 7) is 0. The lowest BCUT2D eigenvalue weighted by Crippen LogP contribution is -2.13. The number of hydrogen-bond acceptors (Lipinski definition) is 3. The molecule has 0 fully saturated rings. The fourth-order valence-electron chi connectivity index (χ4n) is 2.11. The fraction of sp³-hybridized carbons (Fsp3) is 0. The highest BCUT2D eigenvalue weighted by atomic mass is 35.5. The van der Waals surface area contributed by atoms with Gasteiger partial charge in [0.15, 0.2) is 0 Å². The van der Waals surface area contributed by atoms with E-state index in [0.717, 1.165) is 12.1 Å². The summed E-state index contributed by atoms with van der Waals surface area (Å²) in [5.41, 5.74) is 0.668. The number of hydrogen-bond donors (Lipinski definition) is 2. The number of rotatable bonds is 4. The number of benzene rings is 2. The topological polar surface area (TPSA) is 54.0 Å². The summed E-state index contributed by atoms with van der Waals surface area (Å²) >= 11 is 5.98. The van der Waals surface area contributed by atoms with Crippen molar-refractivity contribution in [3.8, 4) is 0 Å². The number of carbonyl (C=O) groups excluding carboxylic acids is 1. The third-order valence-electron chi connectivity index (χ3n) is 3.35. The Morgan fingerprint density at radius 1 is 0.960 bits per heavy atom. The highest BCUT2D eigenvalue weighted by Crippen LogP contribution is 2.23. The third kappa shape index (κ3) is 3.92. The highest BCUT2D eigenvalue weighted by molar-refractivity contribution is 6.33. The van der Waals surface area contributed by atoms with Gasteiger partial charge in [-0.1, -0.05) is 29.8 Å². The van der Waals surface area contributed by atoms with E-state index in [1.807, 2.05) is 0 Å². The zero-order valence-corrected chi connectivity index (χ0v) is 13.5. The number of para-hydroxylation sites is 2. The van der Waals surface area contributed by atoms with Crippen molar-refractivity contribution in [2.24, 2.45) is 0 Å². The molecule has 3 aromatic rings. The Labute approximate surface area is 147 Å². The van der Waals surface area contributed by atoms with Gasteiger partial charge in [0, 0.05) is 0 Å². The van der Waals surface area contributed by atoms with Crippen LogP contribution in [0.4, 0.5) is 25.8 Å². The lowest BCUT2D eigenvalue weighted by Gasteiger charge is -2.09. The molecule has 2 aromatic carbocycles. The Morgan fingerprint density at radius 2 is 1.68 bits per heavy atom. The lowest BCUT2D eigenvalue weighted by atomic mass is 10.2. The molecule has 126 valence electrons. The number of amides is 1. The van der Waals surface area contributed by atoms with E-state index in [4.69, 9.17) is 11.6 Å². The summed E-state index contributed by atoms with van der Waals surface area (Å²) in [4.78, 5) is 16.2. The van der Waals surface area contributed by atoms with Gasteiger partial charge in [-0.3, -0.25) is 4.79 Å². The van der Waals surface area contributed by atoms with Crippen molar-refractivity contribution < 1.29 is 13.6 Å². The lowest BCUT2D eigenvalue weighted by molar-refractivity contribution is 0.102. The number of carbonyl (C=O) groups is 1. The smallest absolute Gasteiger partial charge is 0.274 e. The Kier molecular flexibility index (Phi) is 4.90. The van der Waals surface area contributed by atoms with Crippen molar-refractivity contribution in [3.05, 3.63) is 83.1 Å². The maximum absolute atomic E-state index is 13.6. The molecule has 0 saturated heterocycles. The van der Waals surface area contributed by atoms with Crippen LogP contribution < -0.4 is 10.6 Å². The van der Waals surface area contributed by atoms with E-state index in [2.05, 4.69) is 15.6 Å². The average Bonchev–Trinajstić information content (AvgIpc) is 2.61. The number of pyridine rings is 1. The van der Waals surface area contributed by atoms with Gasteiger partial charge >= 0.3 is 0 Å². The van der Waals surface area contributed by atoms with Crippen LogP contribution in [-0.2, 0) is 0 Å². The van der Waals surface area contributed by atoms with Gasteiger partial charge in [0.05, 0.1) is 22.6 Å². The molecule has 0 aliphatic carbocycles. The van der Waals surface area contributed by atoms with Crippen LogP contribution in [-0.4, -0.2) is 10.9 Å². The maximum Gasteiger partial charge on any atom is 0.274 e. The number of nitrogens with zero attached hydrogens (tertiary/aromatic N) is 1. The Bertz CT molecular complexity index is 896. The Morgan fingerprint density at radius 3 is 2.32 bits per heavy atom. The third-order valence-corrected chi connectivity index (χ3v) is 3.68. The first-order chi connectivity index (χ1) is 12.0. The average molecular weight is 360 g/mol. The molecule has 0 unspecified atom stereocenters. The van der Waals surface area contributed by atoms with Crippen LogP contribution >= 0.6 is 11.6 Å². The second kappa shape index (κ2) is 7.27. The Balaban J connectivity index is 1.74. The quantitative estimate of drug-likeness (QED) is 0.688. The van der Waals surface area contributed by atoms with Gasteiger partial charge in [0.25, 0.3) is 5.91 Å². The fourth-order valence-corrected chi connectivity index (χ4v) is 2.30. The van der Waals surface area contributed by atoms with Crippen LogP contribution in [0.15, 0.2) is 60.8 Å². The minimum Gasteiger partial charge on any atom is -0.349 e. The van der Waals surface area contributed by atoms with E-state index in [9.17, 15) is 13.6 Å². The van der Waals surface area contributed by atoms with Gasteiger partial charge < -0.3 is 10.6 Å². The van der Waals surface area contributed by atoms with Gasteiger partial charge in [-0.05, 0) is 36.4 Å². The van der Waals surface area contributed by atoms with Crippen LogP contribution in [0.25, 0.3) is 0 Å². The van der Waals surface area contributed by atoms with E-state index in [-0.39, 0.29) is 11.4 Å². The molecule has 0 aliphatic heterocycles. The van der Waals surface area contributed by atoms with Crippen molar-refractivity contribution in [1.29, 1.82) is 0 Å². The predicted molar refractivity (Wildman–Crippen MR) is 93.3 cm³/mol. The molecule has 2 N–H and O–H groups in total. The van der Waals surface area contributed by atoms with Crippen molar-refractivity contribution in [2.75, 3.05) is 10.6 Å². The summed E-state index contributed by atoms with van der Waals surface area (Å²) in [6.07, 6.45) is 1.31. The molecule has 1 heterocycles. The van der Waals surface area contributed by atoms with E-state index in [1.165, 1.54) is 24.4 Å². The van der Waals surface area contributed by atoms with Crippen LogP contribution in [0.1, 0.15) is 10.5 Å². The number of anilines is 3. The second-order valence-electron chi connectivity index (χ2n) is 5.09. The van der Waals surface area contributed by atoms with E-state index in [1.54, 1.807) is 24.3 Å². The zero-order valence-electron chi connectivity index (χ0n) is 12.8. The van der Waals surface area contributed by atoms with Crippen molar-refractivity contribution in [1.82, 2.24) is 4.98 Å². The van der Waals surface area contributed by atoms with E-state index >= 15 is 0 Å². The van der Waals surface area contributed by atoms with Crippen molar-refractivity contribution in [2.45, 2.75) is 0 Å². The molecular weight excluding hydrogens is 348 g/mol. The molecule has 4 nitrogen and oxygen atoms in total. The minimum absolute atomic E-state index is 0.138. The first-order valence-corrected chi connectivity index (χ1v) is 7.65. The summed E-state index contributed by atoms with van der Waals surface area (Å²) in [5, 5.41) is 5.65. The maximum atomic E-state index is 13.6.